The molecule has 0 bridgehead atoms. The Morgan fingerprint density at radius 2 is 1.54 bits per heavy atom. The van der Waals surface area contributed by atoms with Crippen LogP contribution in [0.4, 0.5) is 0 Å². The van der Waals surface area contributed by atoms with Gasteiger partial charge in [0.1, 0.15) is 64.5 Å². The van der Waals surface area contributed by atoms with Crippen molar-refractivity contribution in [1.29, 1.82) is 0 Å². The Morgan fingerprint density at radius 3 is 2.22 bits per heavy atom. The summed E-state index contributed by atoms with van der Waals surface area (Å²) < 4.78 is 22.6. The molecule has 0 radical (unpaired) electrons. The summed E-state index contributed by atoms with van der Waals surface area (Å²) in [6.45, 7) is 4.43. The molecule has 2 aromatic carbocycles. The van der Waals surface area contributed by atoms with E-state index in [2.05, 4.69) is 0 Å². The molecule has 41 heavy (non-hydrogen) atoms. The second-order valence-corrected chi connectivity index (χ2v) is 10.4. The minimum Gasteiger partial charge on any atom is -0.508 e. The highest BCUT2D eigenvalue weighted by Gasteiger charge is 2.50. The molecular weight excluding hydrogens is 544 g/mol. The Bertz CT molecular complexity index is 1550. The fourth-order valence-corrected chi connectivity index (χ4v) is 5.09. The van der Waals surface area contributed by atoms with Crippen LogP contribution < -0.4 is 5.43 Å². The van der Waals surface area contributed by atoms with Crippen LogP contribution in [0.2, 0.25) is 0 Å². The highest BCUT2D eigenvalue weighted by Crippen LogP contribution is 2.45. The van der Waals surface area contributed by atoms with Crippen LogP contribution in [0.3, 0.4) is 0 Å². The number of aryl methyl sites for hydroxylation is 1. The van der Waals surface area contributed by atoms with Crippen LogP contribution >= 0.6 is 0 Å². The molecule has 2 saturated heterocycles. The van der Waals surface area contributed by atoms with Crippen LogP contribution in [0, 0.1) is 6.92 Å². The van der Waals surface area contributed by atoms with Crippen molar-refractivity contribution in [3.05, 3.63) is 51.7 Å². The van der Waals surface area contributed by atoms with E-state index in [-0.39, 0.29) is 22.5 Å². The number of phenolic OH excluding ortho intramolecular Hbond substituents is 3. The SMILES string of the molecule is Cc1cc(-c2cc(=O)c3c(O)c(C4OC(C)C(O)C(=O)C4OC4OC(C)C(O)C(O)C4O)c(O)cc3o2)ccc1O. The second-order valence-electron chi connectivity index (χ2n) is 10.4. The van der Waals surface area contributed by atoms with Gasteiger partial charge < -0.3 is 54.4 Å². The minimum absolute atomic E-state index is 0.0428. The van der Waals surface area contributed by atoms with E-state index in [0.717, 1.165) is 12.1 Å². The number of phenols is 3. The molecule has 220 valence electrons. The molecule has 7 N–H and O–H groups in total. The predicted octanol–water partition coefficient (Wildman–Crippen LogP) is 0.488. The summed E-state index contributed by atoms with van der Waals surface area (Å²) in [5.41, 5.74) is -0.338. The number of benzene rings is 2. The number of carbonyl (C=O) groups is 1. The predicted molar refractivity (Wildman–Crippen MR) is 139 cm³/mol. The van der Waals surface area contributed by atoms with Crippen molar-refractivity contribution in [2.75, 3.05) is 0 Å². The lowest BCUT2D eigenvalue weighted by Gasteiger charge is -2.43. The molecule has 0 amide bonds. The molecule has 9 atom stereocenters. The topological polar surface area (TPSA) is 217 Å². The second kappa shape index (κ2) is 10.7. The zero-order valence-corrected chi connectivity index (χ0v) is 22.2. The third-order valence-electron chi connectivity index (χ3n) is 7.52. The Kier molecular flexibility index (Phi) is 7.55. The van der Waals surface area contributed by atoms with Gasteiger partial charge in [0.25, 0.3) is 0 Å². The summed E-state index contributed by atoms with van der Waals surface area (Å²) in [7, 11) is 0. The van der Waals surface area contributed by atoms with Gasteiger partial charge in [-0.25, -0.2) is 0 Å². The molecule has 5 rings (SSSR count). The Labute approximate surface area is 232 Å². The molecule has 1 aromatic heterocycles. The molecule has 2 fully saturated rings. The standard InChI is InChI=1S/C28H30O13/c1-9-6-12(4-5-13(9)29)16-7-14(30)18-17(40-16)8-15(31)19(22(18)34)26-27(24(36)21(33)10(2)38-26)41-28-25(37)23(35)20(32)11(3)39-28/h4-8,10-11,20-21,23,25-29,31-35,37H,1-3H3. The normalized spacial score (nSPS) is 32.4. The first-order valence-corrected chi connectivity index (χ1v) is 12.8. The molecule has 0 aliphatic carbocycles. The quantitative estimate of drug-likeness (QED) is 0.226. The van der Waals surface area contributed by atoms with Gasteiger partial charge in [-0.15, -0.1) is 0 Å². The molecule has 13 heteroatoms. The number of Topliss-reactive ketones (excluding diaryl/α,β-unsaturated/α-hetero) is 1. The van der Waals surface area contributed by atoms with Crippen molar-refractivity contribution in [2.24, 2.45) is 0 Å². The molecule has 2 aliphatic heterocycles. The van der Waals surface area contributed by atoms with Crippen molar-refractivity contribution in [3.8, 4) is 28.6 Å². The molecule has 0 spiro atoms. The van der Waals surface area contributed by atoms with Crippen LogP contribution in [0.5, 0.6) is 17.2 Å². The van der Waals surface area contributed by atoms with Crippen molar-refractivity contribution >= 4 is 16.8 Å². The summed E-state index contributed by atoms with van der Waals surface area (Å²) in [5, 5.41) is 72.6. The first-order chi connectivity index (χ1) is 19.3. The Morgan fingerprint density at radius 1 is 0.829 bits per heavy atom. The first kappa shape index (κ1) is 29.0. The largest absolute Gasteiger partial charge is 0.508 e. The lowest BCUT2D eigenvalue weighted by Crippen LogP contribution is -2.60. The summed E-state index contributed by atoms with van der Waals surface area (Å²) >= 11 is 0. The number of fused-ring (bicyclic) bond motifs is 1. The van der Waals surface area contributed by atoms with E-state index in [0.29, 0.717) is 11.1 Å². The van der Waals surface area contributed by atoms with E-state index in [1.807, 2.05) is 0 Å². The van der Waals surface area contributed by atoms with Gasteiger partial charge >= 0.3 is 0 Å². The molecular formula is C28H30O13. The van der Waals surface area contributed by atoms with Crippen LogP contribution in [0.15, 0.2) is 39.5 Å². The van der Waals surface area contributed by atoms with E-state index < -0.39 is 83.4 Å². The van der Waals surface area contributed by atoms with Gasteiger partial charge in [-0.1, -0.05) is 0 Å². The third-order valence-corrected chi connectivity index (χ3v) is 7.52. The maximum Gasteiger partial charge on any atom is 0.197 e. The molecule has 3 heterocycles. The third kappa shape index (κ3) is 4.95. The van der Waals surface area contributed by atoms with E-state index in [1.165, 1.54) is 26.0 Å². The maximum absolute atomic E-state index is 13.2. The van der Waals surface area contributed by atoms with E-state index in [1.54, 1.807) is 13.0 Å². The van der Waals surface area contributed by atoms with Crippen molar-refractivity contribution in [1.82, 2.24) is 0 Å². The van der Waals surface area contributed by atoms with Crippen LogP contribution in [0.1, 0.15) is 31.1 Å². The molecule has 2 aliphatic rings. The fourth-order valence-electron chi connectivity index (χ4n) is 5.09. The number of ether oxygens (including phenoxy) is 3. The van der Waals surface area contributed by atoms with Crippen LogP contribution in [-0.2, 0) is 19.0 Å². The number of hydrogen-bond donors (Lipinski definition) is 7. The smallest absolute Gasteiger partial charge is 0.197 e. The van der Waals surface area contributed by atoms with Crippen molar-refractivity contribution < 1.29 is 59.2 Å². The molecule has 0 saturated carbocycles. The summed E-state index contributed by atoms with van der Waals surface area (Å²) in [4.78, 5) is 26.4. The number of aliphatic hydroxyl groups is 4. The number of ketones is 1. The van der Waals surface area contributed by atoms with Crippen molar-refractivity contribution in [3.63, 3.8) is 0 Å². The van der Waals surface area contributed by atoms with E-state index in [9.17, 15) is 45.3 Å². The van der Waals surface area contributed by atoms with Gasteiger partial charge in [-0.3, -0.25) is 9.59 Å². The Balaban J connectivity index is 1.58. The van der Waals surface area contributed by atoms with E-state index in [4.69, 9.17) is 18.6 Å². The lowest BCUT2D eigenvalue weighted by atomic mass is 9.90. The summed E-state index contributed by atoms with van der Waals surface area (Å²) in [6, 6.07) is 6.70. The highest BCUT2D eigenvalue weighted by molar-refractivity contribution is 5.92. The average molecular weight is 575 g/mol. The van der Waals surface area contributed by atoms with Crippen LogP contribution in [0.25, 0.3) is 22.3 Å². The van der Waals surface area contributed by atoms with Gasteiger partial charge in [0, 0.05) is 17.7 Å². The number of hydrogen-bond acceptors (Lipinski definition) is 13. The zero-order valence-electron chi connectivity index (χ0n) is 22.2. The summed E-state index contributed by atoms with van der Waals surface area (Å²) in [6.07, 6.45) is -13.9. The van der Waals surface area contributed by atoms with Gasteiger partial charge in [-0.05, 0) is 44.5 Å². The lowest BCUT2D eigenvalue weighted by molar-refractivity contribution is -0.314. The number of carbonyl (C=O) groups excluding carboxylic acids is 1. The number of aromatic hydroxyl groups is 3. The van der Waals surface area contributed by atoms with Gasteiger partial charge in [0.15, 0.2) is 23.6 Å². The number of aliphatic hydroxyl groups excluding tert-OH is 4. The molecule has 13 nitrogen and oxygen atoms in total. The van der Waals surface area contributed by atoms with E-state index >= 15 is 0 Å². The first-order valence-electron chi connectivity index (χ1n) is 12.8. The minimum atomic E-state index is -1.81. The Hall–Kier alpha value is -3.56. The zero-order chi connectivity index (χ0) is 29.9. The van der Waals surface area contributed by atoms with Crippen molar-refractivity contribution in [2.45, 2.75) is 75.9 Å². The number of rotatable bonds is 4. The fraction of sp³-hybridized carbons (Fsp3) is 0.429. The highest BCUT2D eigenvalue weighted by atomic mass is 16.7. The van der Waals surface area contributed by atoms with Gasteiger partial charge in [0.05, 0.1) is 17.8 Å². The monoisotopic (exact) mass is 574 g/mol. The average Bonchev–Trinajstić information content (AvgIpc) is 2.92. The molecule has 9 unspecified atom stereocenters. The maximum atomic E-state index is 13.2. The van der Waals surface area contributed by atoms with Gasteiger partial charge in [-0.2, -0.15) is 0 Å². The molecule has 3 aromatic rings. The van der Waals surface area contributed by atoms with Crippen LogP contribution in [-0.4, -0.2) is 90.5 Å². The summed E-state index contributed by atoms with van der Waals surface area (Å²) in [5.74, 6) is -2.22. The van der Waals surface area contributed by atoms with Gasteiger partial charge in [0.2, 0.25) is 0 Å².